The van der Waals surface area contributed by atoms with Crippen molar-refractivity contribution >= 4 is 28.4 Å². The number of fused-ring (bicyclic) bond motifs is 1. The van der Waals surface area contributed by atoms with Crippen LogP contribution in [-0.4, -0.2) is 39.9 Å². The summed E-state index contributed by atoms with van der Waals surface area (Å²) in [5.41, 5.74) is 4.05. The molecule has 8 nitrogen and oxygen atoms in total. The first-order valence-corrected chi connectivity index (χ1v) is 7.91. The van der Waals surface area contributed by atoms with E-state index in [-0.39, 0.29) is 6.03 Å². The summed E-state index contributed by atoms with van der Waals surface area (Å²) in [6.07, 6.45) is 3.33. The number of rotatable bonds is 4. The van der Waals surface area contributed by atoms with E-state index >= 15 is 0 Å². The predicted octanol–water partition coefficient (Wildman–Crippen LogP) is 2.06. The molecule has 0 atom stereocenters. The summed E-state index contributed by atoms with van der Waals surface area (Å²) in [7, 11) is 5.73. The van der Waals surface area contributed by atoms with E-state index in [9.17, 15) is 4.79 Å². The molecule has 0 aliphatic carbocycles. The molecule has 0 aliphatic heterocycles. The zero-order chi connectivity index (χ0) is 18.0. The molecule has 2 amide bonds. The summed E-state index contributed by atoms with van der Waals surface area (Å²) in [5.74, 6) is 0. The fourth-order valence-corrected chi connectivity index (χ4v) is 2.69. The lowest BCUT2D eigenvalue weighted by Crippen LogP contribution is -2.29. The minimum atomic E-state index is -0.307. The van der Waals surface area contributed by atoms with Gasteiger partial charge in [0.05, 0.1) is 35.5 Å². The molecule has 0 aromatic carbocycles. The number of carbonyl (C=O) groups excluding carboxylic acids is 1. The second kappa shape index (κ2) is 6.76. The first kappa shape index (κ1) is 16.7. The van der Waals surface area contributed by atoms with Gasteiger partial charge in [0, 0.05) is 32.7 Å². The predicted molar refractivity (Wildman–Crippen MR) is 97.7 cm³/mol. The Labute approximate surface area is 145 Å². The number of hydrogen-bond acceptors (Lipinski definition) is 5. The summed E-state index contributed by atoms with van der Waals surface area (Å²) >= 11 is 0. The zero-order valence-electron chi connectivity index (χ0n) is 14.7. The van der Waals surface area contributed by atoms with Crippen LogP contribution in [0, 0.1) is 6.92 Å². The first-order valence-electron chi connectivity index (χ1n) is 7.91. The van der Waals surface area contributed by atoms with Crippen LogP contribution in [0.1, 0.15) is 11.4 Å². The minimum Gasteiger partial charge on any atom is -0.376 e. The van der Waals surface area contributed by atoms with Gasteiger partial charge in [0.1, 0.15) is 0 Å². The molecule has 3 aromatic rings. The second-order valence-electron chi connectivity index (χ2n) is 5.98. The summed E-state index contributed by atoms with van der Waals surface area (Å²) in [4.78, 5) is 22.8. The Kier molecular flexibility index (Phi) is 4.51. The fraction of sp³-hybridized carbons (Fsp3) is 0.294. The van der Waals surface area contributed by atoms with E-state index in [0.29, 0.717) is 12.2 Å². The normalized spacial score (nSPS) is 10.7. The monoisotopic (exact) mass is 339 g/mol. The van der Waals surface area contributed by atoms with Gasteiger partial charge in [0.2, 0.25) is 0 Å². The molecule has 0 spiro atoms. The molecule has 2 N–H and O–H groups in total. The smallest absolute Gasteiger partial charge is 0.319 e. The molecule has 8 heteroatoms. The Hall–Kier alpha value is -3.16. The molecule has 0 saturated heterocycles. The Balaban J connectivity index is 1.68. The number of pyridine rings is 2. The second-order valence-corrected chi connectivity index (χ2v) is 5.98. The van der Waals surface area contributed by atoms with Gasteiger partial charge in [-0.2, -0.15) is 5.10 Å². The van der Waals surface area contributed by atoms with E-state index in [0.717, 1.165) is 28.1 Å². The summed E-state index contributed by atoms with van der Waals surface area (Å²) in [6, 6.07) is 5.40. The molecule has 0 radical (unpaired) electrons. The van der Waals surface area contributed by atoms with Crippen LogP contribution in [0.15, 0.2) is 30.6 Å². The van der Waals surface area contributed by atoms with Gasteiger partial charge in [-0.05, 0) is 25.1 Å². The lowest BCUT2D eigenvalue weighted by Gasteiger charge is -2.16. The van der Waals surface area contributed by atoms with Gasteiger partial charge < -0.3 is 15.5 Å². The molecule has 0 fully saturated rings. The van der Waals surface area contributed by atoms with Crippen LogP contribution in [0.5, 0.6) is 0 Å². The minimum absolute atomic E-state index is 0.307. The number of nitrogens with zero attached hydrogens (tertiary/aromatic N) is 5. The summed E-state index contributed by atoms with van der Waals surface area (Å²) in [5, 5.41) is 10.9. The average Bonchev–Trinajstić information content (AvgIpc) is 2.87. The molecule has 25 heavy (non-hydrogen) atoms. The molecule has 0 unspecified atom stereocenters. The van der Waals surface area contributed by atoms with Crippen LogP contribution in [0.25, 0.3) is 11.0 Å². The molecule has 3 heterocycles. The molecule has 3 aromatic heterocycles. The number of nitrogens with one attached hydrogen (secondary N) is 2. The number of urea groups is 1. The summed E-state index contributed by atoms with van der Waals surface area (Å²) in [6.45, 7) is 2.25. The maximum Gasteiger partial charge on any atom is 0.319 e. The van der Waals surface area contributed by atoms with E-state index in [1.807, 2.05) is 51.2 Å². The highest BCUT2D eigenvalue weighted by Gasteiger charge is 2.10. The molecule has 0 saturated carbocycles. The van der Waals surface area contributed by atoms with Crippen molar-refractivity contribution in [2.24, 2.45) is 7.05 Å². The van der Waals surface area contributed by atoms with Gasteiger partial charge in [0.15, 0.2) is 5.65 Å². The van der Waals surface area contributed by atoms with Crippen molar-refractivity contribution in [3.8, 4) is 0 Å². The highest BCUT2D eigenvalue weighted by Crippen LogP contribution is 2.19. The Morgan fingerprint density at radius 2 is 2.12 bits per heavy atom. The van der Waals surface area contributed by atoms with Crippen LogP contribution in [0.4, 0.5) is 16.2 Å². The number of carbonyl (C=O) groups is 1. The average molecular weight is 339 g/mol. The van der Waals surface area contributed by atoms with Crippen molar-refractivity contribution in [3.05, 3.63) is 42.0 Å². The van der Waals surface area contributed by atoms with Crippen molar-refractivity contribution in [2.45, 2.75) is 13.5 Å². The van der Waals surface area contributed by atoms with Crippen LogP contribution >= 0.6 is 0 Å². The van der Waals surface area contributed by atoms with Crippen LogP contribution in [-0.2, 0) is 13.6 Å². The van der Waals surface area contributed by atoms with Crippen molar-refractivity contribution in [3.63, 3.8) is 0 Å². The number of amides is 2. The topological polar surface area (TPSA) is 88.0 Å². The SMILES string of the molecule is Cc1nn(C)c2ncc(NC(=O)NCc3ncccc3N(C)C)cc12. The van der Waals surface area contributed by atoms with Gasteiger partial charge in [-0.1, -0.05) is 0 Å². The van der Waals surface area contributed by atoms with Crippen molar-refractivity contribution in [2.75, 3.05) is 24.3 Å². The highest BCUT2D eigenvalue weighted by molar-refractivity contribution is 5.92. The maximum atomic E-state index is 12.2. The number of anilines is 2. The molecule has 0 bridgehead atoms. The third kappa shape index (κ3) is 3.52. The first-order chi connectivity index (χ1) is 12.0. The number of aromatic nitrogens is 4. The maximum absolute atomic E-state index is 12.2. The van der Waals surface area contributed by atoms with Crippen LogP contribution in [0.2, 0.25) is 0 Å². The highest BCUT2D eigenvalue weighted by atomic mass is 16.2. The standard InChI is InChI=1S/C17H21N7O/c1-11-13-8-12(9-19-16(13)24(4)22-11)21-17(25)20-10-14-15(23(2)3)6-5-7-18-14/h5-9H,10H2,1-4H3,(H2,20,21,25). The van der Waals surface area contributed by atoms with Gasteiger partial charge in [-0.25, -0.2) is 9.78 Å². The van der Waals surface area contributed by atoms with Crippen molar-refractivity contribution < 1.29 is 4.79 Å². The van der Waals surface area contributed by atoms with Gasteiger partial charge in [-0.15, -0.1) is 0 Å². The molecule has 3 rings (SSSR count). The molecular formula is C17H21N7O. The zero-order valence-corrected chi connectivity index (χ0v) is 14.7. The number of aryl methyl sites for hydroxylation is 2. The van der Waals surface area contributed by atoms with E-state index in [1.54, 1.807) is 17.1 Å². The van der Waals surface area contributed by atoms with Gasteiger partial charge >= 0.3 is 6.03 Å². The third-order valence-corrected chi connectivity index (χ3v) is 3.89. The Bertz CT molecular complexity index is 917. The van der Waals surface area contributed by atoms with Crippen LogP contribution in [0.3, 0.4) is 0 Å². The van der Waals surface area contributed by atoms with Gasteiger partial charge in [-0.3, -0.25) is 9.67 Å². The Morgan fingerprint density at radius 1 is 1.32 bits per heavy atom. The molecular weight excluding hydrogens is 318 g/mol. The summed E-state index contributed by atoms with van der Waals surface area (Å²) < 4.78 is 1.72. The van der Waals surface area contributed by atoms with E-state index in [1.165, 1.54) is 0 Å². The Morgan fingerprint density at radius 3 is 2.88 bits per heavy atom. The van der Waals surface area contributed by atoms with Crippen molar-refractivity contribution in [1.82, 2.24) is 25.1 Å². The van der Waals surface area contributed by atoms with E-state index in [2.05, 4.69) is 25.7 Å². The van der Waals surface area contributed by atoms with Crippen LogP contribution < -0.4 is 15.5 Å². The lowest BCUT2D eigenvalue weighted by atomic mass is 10.2. The molecule has 130 valence electrons. The van der Waals surface area contributed by atoms with E-state index < -0.39 is 0 Å². The molecule has 0 aliphatic rings. The van der Waals surface area contributed by atoms with Crippen molar-refractivity contribution in [1.29, 1.82) is 0 Å². The van der Waals surface area contributed by atoms with Gasteiger partial charge in [0.25, 0.3) is 0 Å². The number of hydrogen-bond donors (Lipinski definition) is 2. The van der Waals surface area contributed by atoms with E-state index in [4.69, 9.17) is 0 Å². The lowest BCUT2D eigenvalue weighted by molar-refractivity contribution is 0.251. The fourth-order valence-electron chi connectivity index (χ4n) is 2.69. The largest absolute Gasteiger partial charge is 0.376 e. The quantitative estimate of drug-likeness (QED) is 0.760. The third-order valence-electron chi connectivity index (χ3n) is 3.89.